The smallest absolute Gasteiger partial charge is 0.320 e. The molecule has 9 heteroatoms. The lowest BCUT2D eigenvalue weighted by Crippen LogP contribution is -2.30. The first kappa shape index (κ1) is 27.4. The van der Waals surface area contributed by atoms with Crippen LogP contribution in [-0.4, -0.2) is 38.9 Å². The number of carbonyl (C=O) groups is 1. The molecule has 2 heterocycles. The summed E-state index contributed by atoms with van der Waals surface area (Å²) >= 11 is 0. The summed E-state index contributed by atoms with van der Waals surface area (Å²) in [5.74, 6) is 1.12. The van der Waals surface area contributed by atoms with Gasteiger partial charge in [-0.15, -0.1) is 0 Å². The highest BCUT2D eigenvalue weighted by Gasteiger charge is 2.17. The van der Waals surface area contributed by atoms with Crippen LogP contribution in [0.1, 0.15) is 53.7 Å². The molecule has 1 N–H and O–H groups in total. The molecule has 0 fully saturated rings. The van der Waals surface area contributed by atoms with Gasteiger partial charge in [0.2, 0.25) is 0 Å². The minimum Gasteiger partial charge on any atom is -0.345 e. The molecule has 0 spiro atoms. The molecule has 2 aromatic carbocycles. The molecule has 0 radical (unpaired) electrons. The van der Waals surface area contributed by atoms with Crippen LogP contribution < -0.4 is 11.0 Å². The van der Waals surface area contributed by atoms with E-state index in [1.165, 1.54) is 0 Å². The van der Waals surface area contributed by atoms with Gasteiger partial charge in [-0.05, 0) is 36.5 Å². The second-order valence-corrected chi connectivity index (χ2v) is 9.08. The van der Waals surface area contributed by atoms with Crippen molar-refractivity contribution in [2.75, 3.05) is 7.05 Å². The van der Waals surface area contributed by atoms with Crippen molar-refractivity contribution >= 4 is 12.3 Å². The summed E-state index contributed by atoms with van der Waals surface area (Å²) < 4.78 is 1.68. The highest BCUT2D eigenvalue weighted by atomic mass is 16.7. The van der Waals surface area contributed by atoms with Gasteiger partial charge in [0.25, 0.3) is 5.56 Å². The minimum atomic E-state index is -0.0428. The lowest BCUT2D eigenvalue weighted by atomic mass is 9.96. The molecule has 0 amide bonds. The number of rotatable bonds is 11. The average Bonchev–Trinajstić information content (AvgIpc) is 2.97. The van der Waals surface area contributed by atoms with E-state index >= 15 is 0 Å². The van der Waals surface area contributed by atoms with Crippen molar-refractivity contribution < 1.29 is 9.63 Å². The number of aromatic nitrogens is 4. The minimum absolute atomic E-state index is 0.0428. The highest BCUT2D eigenvalue weighted by Crippen LogP contribution is 2.25. The van der Waals surface area contributed by atoms with E-state index in [4.69, 9.17) is 9.82 Å². The molecule has 200 valence electrons. The third-order valence-corrected chi connectivity index (χ3v) is 6.50. The van der Waals surface area contributed by atoms with Gasteiger partial charge in [-0.2, -0.15) is 0 Å². The molecule has 39 heavy (non-hydrogen) atoms. The number of amidine groups is 1. The number of unbranched alkanes of at least 4 members (excludes halogenated alkanes) is 1. The summed E-state index contributed by atoms with van der Waals surface area (Å²) in [6.45, 7) is 4.64. The predicted octanol–water partition coefficient (Wildman–Crippen LogP) is 4.04. The Morgan fingerprint density at radius 3 is 2.62 bits per heavy atom. The van der Waals surface area contributed by atoms with Crippen molar-refractivity contribution in [3.63, 3.8) is 0 Å². The van der Waals surface area contributed by atoms with E-state index in [1.54, 1.807) is 30.2 Å². The van der Waals surface area contributed by atoms with E-state index in [9.17, 15) is 9.59 Å². The van der Waals surface area contributed by atoms with Crippen LogP contribution >= 0.6 is 0 Å². The number of aliphatic imine (C=N–C) groups is 1. The number of hydrogen-bond donors (Lipinski definition) is 1. The molecule has 2 aromatic heterocycles. The van der Waals surface area contributed by atoms with E-state index in [0.717, 1.165) is 47.2 Å². The Morgan fingerprint density at radius 1 is 1.13 bits per heavy atom. The number of hydroxylamine groups is 1. The molecule has 0 saturated carbocycles. The zero-order chi connectivity index (χ0) is 27.6. The van der Waals surface area contributed by atoms with Crippen LogP contribution in [0.15, 0.2) is 76.9 Å². The summed E-state index contributed by atoms with van der Waals surface area (Å²) in [6.07, 6.45) is 8.13. The van der Waals surface area contributed by atoms with Crippen molar-refractivity contribution in [1.82, 2.24) is 25.0 Å². The van der Waals surface area contributed by atoms with E-state index in [0.29, 0.717) is 42.4 Å². The van der Waals surface area contributed by atoms with Crippen LogP contribution in [0.4, 0.5) is 0 Å². The lowest BCUT2D eigenvalue weighted by molar-refractivity contribution is -0.132. The van der Waals surface area contributed by atoms with Crippen LogP contribution in [0.2, 0.25) is 0 Å². The van der Waals surface area contributed by atoms with Crippen LogP contribution in [0, 0.1) is 6.92 Å². The summed E-state index contributed by atoms with van der Waals surface area (Å²) in [4.78, 5) is 46.6. The Balaban J connectivity index is 1.67. The Kier molecular flexibility index (Phi) is 9.29. The molecular formula is C30H32N6O3. The van der Waals surface area contributed by atoms with Crippen molar-refractivity contribution in [3.05, 3.63) is 111 Å². The first-order valence-corrected chi connectivity index (χ1v) is 12.9. The van der Waals surface area contributed by atoms with E-state index in [1.807, 2.05) is 55.5 Å². The van der Waals surface area contributed by atoms with E-state index < -0.39 is 0 Å². The largest absolute Gasteiger partial charge is 0.345 e. The topological polar surface area (TPSA) is 111 Å². The number of aryl methyl sites for hydroxylation is 2. The summed E-state index contributed by atoms with van der Waals surface area (Å²) in [7, 11) is 1.62. The summed E-state index contributed by atoms with van der Waals surface area (Å²) in [5, 5.41) is 0. The molecule has 0 saturated heterocycles. The number of nitrogens with zero attached hydrogens (tertiary/aromatic N) is 5. The van der Waals surface area contributed by atoms with Crippen LogP contribution in [0.25, 0.3) is 11.1 Å². The van der Waals surface area contributed by atoms with Gasteiger partial charge in [-0.25, -0.2) is 10.5 Å². The van der Waals surface area contributed by atoms with Gasteiger partial charge in [-0.3, -0.25) is 29.1 Å². The number of nitrogens with one attached hydrogen (secondary N) is 1. The fourth-order valence-electron chi connectivity index (χ4n) is 4.49. The molecule has 9 nitrogen and oxygen atoms in total. The maximum absolute atomic E-state index is 13.7. The standard InChI is InChI=1S/C30H32N6O3/c1-4-5-10-28-27(30(38)36(21(2)34-28)19-24-18-32-15-16-33-24)17-22-11-13-23(14-12-22)25-8-6-7-9-26(25)29(31-3)35-39-20-37/h6-9,11-16,18,20H,4-5,10,17,19H2,1-3H3,(H,31,35). The molecule has 4 aromatic rings. The van der Waals surface area contributed by atoms with Gasteiger partial charge in [0.1, 0.15) is 5.82 Å². The lowest BCUT2D eigenvalue weighted by Gasteiger charge is -2.16. The van der Waals surface area contributed by atoms with Gasteiger partial charge in [0.15, 0.2) is 5.84 Å². The maximum atomic E-state index is 13.7. The summed E-state index contributed by atoms with van der Waals surface area (Å²) in [5.41, 5.74) is 8.51. The third-order valence-electron chi connectivity index (χ3n) is 6.50. The first-order valence-electron chi connectivity index (χ1n) is 12.9. The monoisotopic (exact) mass is 524 g/mol. The molecule has 0 aliphatic carbocycles. The molecule has 0 atom stereocenters. The van der Waals surface area contributed by atoms with Gasteiger partial charge in [0, 0.05) is 37.0 Å². The summed E-state index contributed by atoms with van der Waals surface area (Å²) in [6, 6.07) is 15.8. The Bertz CT molecular complexity index is 1500. The Labute approximate surface area is 227 Å². The van der Waals surface area contributed by atoms with Crippen molar-refractivity contribution in [2.45, 2.75) is 46.1 Å². The Morgan fingerprint density at radius 2 is 1.92 bits per heavy atom. The zero-order valence-corrected chi connectivity index (χ0v) is 22.4. The van der Waals surface area contributed by atoms with Crippen molar-refractivity contribution in [3.8, 4) is 11.1 Å². The Hall–Kier alpha value is -4.66. The molecule has 0 unspecified atom stereocenters. The molecule has 0 aliphatic rings. The average molecular weight is 525 g/mol. The predicted molar refractivity (Wildman–Crippen MR) is 150 cm³/mol. The molecular weight excluding hydrogens is 492 g/mol. The number of benzene rings is 2. The van der Waals surface area contributed by atoms with Crippen LogP contribution in [0.3, 0.4) is 0 Å². The number of carbonyl (C=O) groups excluding carboxylic acids is 1. The van der Waals surface area contributed by atoms with E-state index in [-0.39, 0.29) is 5.56 Å². The highest BCUT2D eigenvalue weighted by molar-refractivity contribution is 6.04. The molecule has 0 aliphatic heterocycles. The second kappa shape index (κ2) is 13.2. The van der Waals surface area contributed by atoms with Gasteiger partial charge in [-0.1, -0.05) is 61.9 Å². The molecule has 0 bridgehead atoms. The quantitative estimate of drug-likeness (QED) is 0.136. The second-order valence-electron chi connectivity index (χ2n) is 9.08. The first-order chi connectivity index (χ1) is 19.0. The SMILES string of the molecule is CCCCc1nc(C)n(Cc2cnccn2)c(=O)c1Cc1ccc(-c2ccccc2C(=NC)NOC=O)cc1. The van der Waals surface area contributed by atoms with Crippen LogP contribution in [-0.2, 0) is 29.0 Å². The molecule has 4 rings (SSSR count). The van der Waals surface area contributed by atoms with E-state index in [2.05, 4.69) is 27.4 Å². The van der Waals surface area contributed by atoms with Gasteiger partial charge >= 0.3 is 6.47 Å². The fraction of sp³-hybridized carbons (Fsp3) is 0.267. The van der Waals surface area contributed by atoms with Crippen molar-refractivity contribution in [2.24, 2.45) is 4.99 Å². The third kappa shape index (κ3) is 6.62. The maximum Gasteiger partial charge on any atom is 0.320 e. The fourth-order valence-corrected chi connectivity index (χ4v) is 4.49. The van der Waals surface area contributed by atoms with Crippen LogP contribution in [0.5, 0.6) is 0 Å². The number of hydrogen-bond acceptors (Lipinski definition) is 7. The van der Waals surface area contributed by atoms with Gasteiger partial charge < -0.3 is 4.84 Å². The van der Waals surface area contributed by atoms with Crippen molar-refractivity contribution in [1.29, 1.82) is 0 Å². The zero-order valence-electron chi connectivity index (χ0n) is 22.4. The van der Waals surface area contributed by atoms with Gasteiger partial charge in [0.05, 0.1) is 24.1 Å². The normalized spacial score (nSPS) is 11.3.